The van der Waals surface area contributed by atoms with Crippen molar-refractivity contribution in [3.63, 3.8) is 0 Å². The van der Waals surface area contributed by atoms with Gasteiger partial charge in [-0.3, -0.25) is 4.79 Å². The molecule has 1 aromatic rings. The van der Waals surface area contributed by atoms with Gasteiger partial charge in [-0.15, -0.1) is 0 Å². The topological polar surface area (TPSA) is 55.6 Å². The predicted octanol–water partition coefficient (Wildman–Crippen LogP) is 1.71. The van der Waals surface area contributed by atoms with Gasteiger partial charge in [0.15, 0.2) is 0 Å². The van der Waals surface area contributed by atoms with Crippen molar-refractivity contribution in [2.45, 2.75) is 19.8 Å². The normalized spacial score (nSPS) is 16.2. The van der Waals surface area contributed by atoms with E-state index in [4.69, 9.17) is 10.5 Å². The van der Waals surface area contributed by atoms with Crippen LogP contribution in [0.4, 0.5) is 5.69 Å². The number of benzene rings is 1. The van der Waals surface area contributed by atoms with Gasteiger partial charge in [-0.25, -0.2) is 0 Å². The molecule has 0 unspecified atom stereocenters. The van der Waals surface area contributed by atoms with E-state index in [9.17, 15) is 4.79 Å². The molecule has 1 aromatic carbocycles. The Labute approximate surface area is 108 Å². The van der Waals surface area contributed by atoms with Crippen LogP contribution in [0.25, 0.3) is 0 Å². The third kappa shape index (κ3) is 2.08. The summed E-state index contributed by atoms with van der Waals surface area (Å²) in [5.74, 6) is 0.953. The van der Waals surface area contributed by atoms with Crippen molar-refractivity contribution in [1.82, 2.24) is 0 Å². The van der Waals surface area contributed by atoms with E-state index in [1.165, 1.54) is 0 Å². The van der Waals surface area contributed by atoms with Crippen LogP contribution in [0.2, 0.25) is 0 Å². The number of carbonyl (C=O) groups is 1. The minimum absolute atomic E-state index is 0.120. The van der Waals surface area contributed by atoms with Crippen LogP contribution in [0.1, 0.15) is 18.4 Å². The van der Waals surface area contributed by atoms with E-state index in [-0.39, 0.29) is 11.3 Å². The maximum Gasteiger partial charge on any atom is 0.234 e. The van der Waals surface area contributed by atoms with E-state index >= 15 is 0 Å². The second-order valence-electron chi connectivity index (χ2n) is 5.00. The van der Waals surface area contributed by atoms with Gasteiger partial charge in [0.2, 0.25) is 5.91 Å². The SMILES string of the molecule is COc1ccc(N(C)C(=O)C2(CN)CC2)cc1C. The van der Waals surface area contributed by atoms with Gasteiger partial charge in [-0.2, -0.15) is 0 Å². The van der Waals surface area contributed by atoms with Crippen molar-refractivity contribution >= 4 is 11.6 Å². The van der Waals surface area contributed by atoms with E-state index in [2.05, 4.69) is 0 Å². The Kier molecular flexibility index (Phi) is 3.30. The van der Waals surface area contributed by atoms with Gasteiger partial charge in [0.05, 0.1) is 12.5 Å². The fourth-order valence-corrected chi connectivity index (χ4v) is 2.20. The van der Waals surface area contributed by atoms with Gasteiger partial charge in [0, 0.05) is 19.3 Å². The average Bonchev–Trinajstić information content (AvgIpc) is 3.18. The summed E-state index contributed by atoms with van der Waals surface area (Å²) < 4.78 is 5.22. The molecular formula is C14H20N2O2. The van der Waals surface area contributed by atoms with Crippen molar-refractivity contribution in [3.8, 4) is 5.75 Å². The van der Waals surface area contributed by atoms with Gasteiger partial charge in [-0.05, 0) is 43.5 Å². The number of methoxy groups -OCH3 is 1. The number of anilines is 1. The maximum atomic E-state index is 12.3. The molecule has 0 saturated heterocycles. The number of ether oxygens (including phenoxy) is 1. The molecule has 0 heterocycles. The first-order valence-corrected chi connectivity index (χ1v) is 6.17. The smallest absolute Gasteiger partial charge is 0.234 e. The van der Waals surface area contributed by atoms with Crippen molar-refractivity contribution in [3.05, 3.63) is 23.8 Å². The lowest BCUT2D eigenvalue weighted by Crippen LogP contribution is -2.38. The summed E-state index contributed by atoms with van der Waals surface area (Å²) in [4.78, 5) is 14.0. The Morgan fingerprint density at radius 3 is 2.61 bits per heavy atom. The molecule has 0 aliphatic heterocycles. The van der Waals surface area contributed by atoms with Crippen LogP contribution in [0, 0.1) is 12.3 Å². The van der Waals surface area contributed by atoms with Gasteiger partial charge >= 0.3 is 0 Å². The summed E-state index contributed by atoms with van der Waals surface area (Å²) in [6.07, 6.45) is 1.81. The second kappa shape index (κ2) is 4.61. The predicted molar refractivity (Wildman–Crippen MR) is 71.9 cm³/mol. The average molecular weight is 248 g/mol. The Morgan fingerprint density at radius 2 is 2.17 bits per heavy atom. The zero-order valence-corrected chi connectivity index (χ0v) is 11.2. The zero-order chi connectivity index (χ0) is 13.3. The molecule has 0 aromatic heterocycles. The summed E-state index contributed by atoms with van der Waals surface area (Å²) in [5, 5.41) is 0. The molecule has 1 aliphatic rings. The minimum atomic E-state index is -0.303. The van der Waals surface area contributed by atoms with Gasteiger partial charge in [0.25, 0.3) is 0 Å². The van der Waals surface area contributed by atoms with E-state index in [1.54, 1.807) is 19.1 Å². The van der Waals surface area contributed by atoms with Crippen LogP contribution in [0.3, 0.4) is 0 Å². The molecule has 1 amide bonds. The van der Waals surface area contributed by atoms with Crippen molar-refractivity contribution in [1.29, 1.82) is 0 Å². The molecule has 1 saturated carbocycles. The van der Waals surface area contributed by atoms with Gasteiger partial charge in [0.1, 0.15) is 5.75 Å². The summed E-state index contributed by atoms with van der Waals surface area (Å²) >= 11 is 0. The Morgan fingerprint density at radius 1 is 1.50 bits per heavy atom. The summed E-state index contributed by atoms with van der Waals surface area (Å²) in [6.45, 7) is 2.40. The molecule has 0 radical (unpaired) electrons. The first-order valence-electron chi connectivity index (χ1n) is 6.17. The van der Waals surface area contributed by atoms with Crippen molar-refractivity contribution in [2.24, 2.45) is 11.1 Å². The number of amides is 1. The maximum absolute atomic E-state index is 12.3. The number of nitrogens with two attached hydrogens (primary N) is 1. The molecule has 2 rings (SSSR count). The van der Waals surface area contributed by atoms with Crippen LogP contribution in [-0.4, -0.2) is 26.6 Å². The summed E-state index contributed by atoms with van der Waals surface area (Å²) in [5.41, 5.74) is 7.30. The Balaban J connectivity index is 2.21. The Hall–Kier alpha value is -1.55. The zero-order valence-electron chi connectivity index (χ0n) is 11.2. The highest BCUT2D eigenvalue weighted by Gasteiger charge is 2.50. The van der Waals surface area contributed by atoms with E-state index in [0.717, 1.165) is 29.8 Å². The fraction of sp³-hybridized carbons (Fsp3) is 0.500. The number of hydrogen-bond donors (Lipinski definition) is 1. The van der Waals surface area contributed by atoms with Crippen molar-refractivity contribution < 1.29 is 9.53 Å². The lowest BCUT2D eigenvalue weighted by atomic mass is 10.1. The number of nitrogens with zero attached hydrogens (tertiary/aromatic N) is 1. The highest BCUT2D eigenvalue weighted by Crippen LogP contribution is 2.46. The third-order valence-electron chi connectivity index (χ3n) is 3.77. The molecule has 0 spiro atoms. The summed E-state index contributed by atoms with van der Waals surface area (Å²) in [7, 11) is 3.45. The van der Waals surface area contributed by atoms with E-state index in [1.807, 2.05) is 25.1 Å². The molecule has 98 valence electrons. The molecule has 0 atom stereocenters. The lowest BCUT2D eigenvalue weighted by molar-refractivity contribution is -0.123. The number of rotatable bonds is 4. The lowest BCUT2D eigenvalue weighted by Gasteiger charge is -2.23. The fourth-order valence-electron chi connectivity index (χ4n) is 2.20. The van der Waals surface area contributed by atoms with Crippen LogP contribution in [-0.2, 0) is 4.79 Å². The monoisotopic (exact) mass is 248 g/mol. The molecule has 1 aliphatic carbocycles. The largest absolute Gasteiger partial charge is 0.496 e. The third-order valence-corrected chi connectivity index (χ3v) is 3.77. The first kappa shape index (κ1) is 12.9. The van der Waals surface area contributed by atoms with Gasteiger partial charge in [-0.1, -0.05) is 0 Å². The molecule has 4 heteroatoms. The van der Waals surface area contributed by atoms with E-state index in [0.29, 0.717) is 6.54 Å². The highest BCUT2D eigenvalue weighted by atomic mass is 16.5. The standard InChI is InChI=1S/C14H20N2O2/c1-10-8-11(4-5-12(10)18-3)16(2)13(17)14(9-15)6-7-14/h4-5,8H,6-7,9,15H2,1-3H3. The molecule has 0 bridgehead atoms. The molecule has 4 nitrogen and oxygen atoms in total. The second-order valence-corrected chi connectivity index (χ2v) is 5.00. The molecular weight excluding hydrogens is 228 g/mol. The van der Waals surface area contributed by atoms with Gasteiger partial charge < -0.3 is 15.4 Å². The molecule has 2 N–H and O–H groups in total. The van der Waals surface area contributed by atoms with E-state index < -0.39 is 0 Å². The van der Waals surface area contributed by atoms with Crippen LogP contribution in [0.5, 0.6) is 5.75 Å². The number of hydrogen-bond acceptors (Lipinski definition) is 3. The van der Waals surface area contributed by atoms with Crippen LogP contribution >= 0.6 is 0 Å². The Bertz CT molecular complexity index is 467. The van der Waals surface area contributed by atoms with Crippen molar-refractivity contribution in [2.75, 3.05) is 25.6 Å². The minimum Gasteiger partial charge on any atom is -0.496 e. The quantitative estimate of drug-likeness (QED) is 0.882. The van der Waals surface area contributed by atoms with Crippen LogP contribution < -0.4 is 15.4 Å². The number of carbonyl (C=O) groups excluding carboxylic acids is 1. The molecule has 1 fully saturated rings. The first-order chi connectivity index (χ1) is 8.54. The highest BCUT2D eigenvalue weighted by molar-refractivity contribution is 5.99. The number of aryl methyl sites for hydroxylation is 1. The molecule has 18 heavy (non-hydrogen) atoms. The van der Waals surface area contributed by atoms with Crippen LogP contribution in [0.15, 0.2) is 18.2 Å². The summed E-state index contributed by atoms with van der Waals surface area (Å²) in [6, 6.07) is 5.75.